The monoisotopic (exact) mass is 343 g/mol. The molecule has 0 N–H and O–H groups in total. The molecular formula is C11H10BrClF3NO. The Bertz CT molecular complexity index is 450. The minimum Gasteiger partial charge on any atom is -0.341 e. The number of carbonyl (C=O) groups is 1. The Morgan fingerprint density at radius 2 is 2.06 bits per heavy atom. The molecule has 0 aliphatic heterocycles. The second-order valence-electron chi connectivity index (χ2n) is 3.61. The molecule has 0 aromatic heterocycles. The topological polar surface area (TPSA) is 20.3 Å². The van der Waals surface area contributed by atoms with Crippen LogP contribution in [-0.2, 0) is 6.18 Å². The van der Waals surface area contributed by atoms with E-state index in [-0.39, 0.29) is 22.5 Å². The van der Waals surface area contributed by atoms with E-state index in [1.54, 1.807) is 0 Å². The molecule has 0 saturated carbocycles. The highest BCUT2D eigenvalue weighted by Crippen LogP contribution is 2.35. The van der Waals surface area contributed by atoms with E-state index in [0.717, 1.165) is 6.07 Å². The molecule has 0 saturated heterocycles. The van der Waals surface area contributed by atoms with Crippen LogP contribution in [0.4, 0.5) is 13.2 Å². The summed E-state index contributed by atoms with van der Waals surface area (Å²) in [6, 6.07) is 3.38. The van der Waals surface area contributed by atoms with Gasteiger partial charge in [0.15, 0.2) is 0 Å². The molecule has 1 aromatic rings. The van der Waals surface area contributed by atoms with Gasteiger partial charge in [0, 0.05) is 29.5 Å². The number of nitrogens with zero attached hydrogens (tertiary/aromatic N) is 1. The maximum Gasteiger partial charge on any atom is 0.417 e. The first-order valence-corrected chi connectivity index (χ1v) is 6.28. The average molecular weight is 345 g/mol. The Morgan fingerprint density at radius 3 is 2.56 bits per heavy atom. The van der Waals surface area contributed by atoms with Crippen molar-refractivity contribution in [1.29, 1.82) is 0 Å². The van der Waals surface area contributed by atoms with Crippen LogP contribution in [-0.4, -0.2) is 30.3 Å². The van der Waals surface area contributed by atoms with Crippen molar-refractivity contribution in [2.24, 2.45) is 0 Å². The van der Waals surface area contributed by atoms with Crippen molar-refractivity contribution in [3.63, 3.8) is 0 Å². The van der Waals surface area contributed by atoms with Crippen LogP contribution in [0.2, 0.25) is 0 Å². The molecule has 0 unspecified atom stereocenters. The summed E-state index contributed by atoms with van der Waals surface area (Å²) in [6.07, 6.45) is -4.50. The molecule has 0 aliphatic rings. The maximum absolute atomic E-state index is 12.7. The Balaban J connectivity index is 3.09. The van der Waals surface area contributed by atoms with Gasteiger partial charge in [-0.25, -0.2) is 0 Å². The third kappa shape index (κ3) is 3.62. The number of hydrogen-bond acceptors (Lipinski definition) is 1. The quantitative estimate of drug-likeness (QED) is 0.764. The first-order valence-electron chi connectivity index (χ1n) is 4.95. The highest BCUT2D eigenvalue weighted by molar-refractivity contribution is 9.10. The van der Waals surface area contributed by atoms with Crippen molar-refractivity contribution in [3.05, 3.63) is 33.8 Å². The lowest BCUT2D eigenvalue weighted by atomic mass is 10.1. The Morgan fingerprint density at radius 1 is 1.44 bits per heavy atom. The molecule has 2 nitrogen and oxygen atoms in total. The number of amides is 1. The van der Waals surface area contributed by atoms with Gasteiger partial charge < -0.3 is 4.90 Å². The van der Waals surface area contributed by atoms with Crippen molar-refractivity contribution in [2.75, 3.05) is 19.5 Å². The van der Waals surface area contributed by atoms with E-state index in [0.29, 0.717) is 0 Å². The fourth-order valence-electron chi connectivity index (χ4n) is 1.32. The van der Waals surface area contributed by atoms with Crippen molar-refractivity contribution in [3.8, 4) is 0 Å². The fraction of sp³-hybridized carbons (Fsp3) is 0.364. The Kier molecular flexibility index (Phi) is 5.04. The van der Waals surface area contributed by atoms with Gasteiger partial charge in [0.05, 0.1) is 5.56 Å². The van der Waals surface area contributed by atoms with E-state index < -0.39 is 17.6 Å². The van der Waals surface area contributed by atoms with Crippen molar-refractivity contribution < 1.29 is 18.0 Å². The third-order valence-electron chi connectivity index (χ3n) is 2.29. The second kappa shape index (κ2) is 5.93. The summed E-state index contributed by atoms with van der Waals surface area (Å²) in [5, 5.41) is 0. The zero-order chi connectivity index (χ0) is 13.9. The van der Waals surface area contributed by atoms with E-state index >= 15 is 0 Å². The van der Waals surface area contributed by atoms with Crippen LogP contribution >= 0.6 is 27.5 Å². The maximum atomic E-state index is 12.7. The number of carbonyl (C=O) groups excluding carboxylic acids is 1. The summed E-state index contributed by atoms with van der Waals surface area (Å²) in [4.78, 5) is 13.1. The van der Waals surface area contributed by atoms with Crippen LogP contribution in [0.25, 0.3) is 0 Å². The van der Waals surface area contributed by atoms with Gasteiger partial charge in [0.2, 0.25) is 0 Å². The molecule has 1 amide bonds. The van der Waals surface area contributed by atoms with Crippen molar-refractivity contribution in [2.45, 2.75) is 6.18 Å². The fourth-order valence-corrected chi connectivity index (χ4v) is 2.05. The normalized spacial score (nSPS) is 11.4. The number of hydrogen-bond donors (Lipinski definition) is 0. The van der Waals surface area contributed by atoms with E-state index in [9.17, 15) is 18.0 Å². The Hall–Kier alpha value is -0.750. The highest BCUT2D eigenvalue weighted by Gasteiger charge is 2.33. The van der Waals surface area contributed by atoms with Gasteiger partial charge in [-0.1, -0.05) is 15.9 Å². The molecule has 0 aliphatic carbocycles. The predicted molar refractivity (Wildman–Crippen MR) is 66.8 cm³/mol. The van der Waals surface area contributed by atoms with E-state index in [1.165, 1.54) is 24.1 Å². The first kappa shape index (κ1) is 15.3. The molecular weight excluding hydrogens is 334 g/mol. The molecule has 7 heteroatoms. The summed E-state index contributed by atoms with van der Waals surface area (Å²) in [6.45, 7) is 0.276. The molecule has 0 atom stereocenters. The van der Waals surface area contributed by atoms with Crippen LogP contribution in [0.1, 0.15) is 15.9 Å². The van der Waals surface area contributed by atoms with Crippen molar-refractivity contribution >= 4 is 33.4 Å². The predicted octanol–water partition coefficient (Wildman–Crippen LogP) is 3.78. The third-order valence-corrected chi connectivity index (χ3v) is 3.15. The summed E-state index contributed by atoms with van der Waals surface area (Å²) in [7, 11) is 1.49. The minimum atomic E-state index is -4.50. The van der Waals surface area contributed by atoms with Gasteiger partial charge >= 0.3 is 6.18 Å². The van der Waals surface area contributed by atoms with Crippen LogP contribution in [0.5, 0.6) is 0 Å². The molecule has 1 aromatic carbocycles. The molecule has 0 spiro atoms. The number of rotatable bonds is 3. The van der Waals surface area contributed by atoms with Gasteiger partial charge in [0.1, 0.15) is 0 Å². The summed E-state index contributed by atoms with van der Waals surface area (Å²) < 4.78 is 37.9. The smallest absolute Gasteiger partial charge is 0.341 e. The van der Waals surface area contributed by atoms with Gasteiger partial charge in [-0.3, -0.25) is 4.79 Å². The van der Waals surface area contributed by atoms with E-state index in [4.69, 9.17) is 11.6 Å². The van der Waals surface area contributed by atoms with Crippen molar-refractivity contribution in [1.82, 2.24) is 4.90 Å². The standard InChI is InChI=1S/C11H10BrClF3NO/c1-17(5-4-13)10(18)7-2-3-9(12)8(6-7)11(14,15)16/h2-3,6H,4-5H2,1H3. The second-order valence-corrected chi connectivity index (χ2v) is 4.84. The van der Waals surface area contributed by atoms with Crippen LogP contribution < -0.4 is 0 Å². The van der Waals surface area contributed by atoms with Crippen LogP contribution in [0, 0.1) is 0 Å². The molecule has 0 fully saturated rings. The zero-order valence-corrected chi connectivity index (χ0v) is 11.7. The van der Waals surface area contributed by atoms with Gasteiger partial charge in [-0.2, -0.15) is 13.2 Å². The van der Waals surface area contributed by atoms with Crippen LogP contribution in [0.15, 0.2) is 22.7 Å². The lowest BCUT2D eigenvalue weighted by Crippen LogP contribution is -2.28. The number of halogens is 5. The molecule has 100 valence electrons. The van der Waals surface area contributed by atoms with Crippen LogP contribution in [0.3, 0.4) is 0 Å². The molecule has 18 heavy (non-hydrogen) atoms. The van der Waals surface area contributed by atoms with E-state index in [1.807, 2.05) is 0 Å². The number of benzene rings is 1. The summed E-state index contributed by atoms with van der Waals surface area (Å²) in [5.41, 5.74) is -0.884. The average Bonchev–Trinajstić information content (AvgIpc) is 2.27. The number of alkyl halides is 4. The van der Waals surface area contributed by atoms with E-state index in [2.05, 4.69) is 15.9 Å². The largest absolute Gasteiger partial charge is 0.417 e. The first-order chi connectivity index (χ1) is 8.27. The zero-order valence-electron chi connectivity index (χ0n) is 9.39. The van der Waals surface area contributed by atoms with Gasteiger partial charge in [0.25, 0.3) is 5.91 Å². The lowest BCUT2D eigenvalue weighted by Gasteiger charge is -2.17. The molecule has 0 radical (unpaired) electrons. The highest BCUT2D eigenvalue weighted by atomic mass is 79.9. The molecule has 0 bridgehead atoms. The van der Waals surface area contributed by atoms with Gasteiger partial charge in [-0.05, 0) is 18.2 Å². The SMILES string of the molecule is CN(CCCl)C(=O)c1ccc(Br)c(C(F)(F)F)c1. The summed E-state index contributed by atoms with van der Waals surface area (Å²) >= 11 is 8.29. The minimum absolute atomic E-state index is 0.0156. The molecule has 0 heterocycles. The lowest BCUT2D eigenvalue weighted by molar-refractivity contribution is -0.138. The summed E-state index contributed by atoms with van der Waals surface area (Å²) in [5.74, 6) is -0.265. The van der Waals surface area contributed by atoms with Gasteiger partial charge in [-0.15, -0.1) is 11.6 Å². The molecule has 1 rings (SSSR count). The Labute approximate surface area is 116 Å².